The van der Waals surface area contributed by atoms with E-state index < -0.39 is 5.97 Å². The lowest BCUT2D eigenvalue weighted by atomic mass is 10.0. The Bertz CT molecular complexity index is 369. The maximum Gasteiger partial charge on any atom is 0.300 e. The van der Waals surface area contributed by atoms with Gasteiger partial charge in [0, 0.05) is 19.9 Å². The highest BCUT2D eigenvalue weighted by atomic mass is 16.4. The Labute approximate surface area is 187 Å². The van der Waals surface area contributed by atoms with E-state index >= 15 is 0 Å². The summed E-state index contributed by atoms with van der Waals surface area (Å²) >= 11 is 0. The molecule has 0 spiro atoms. The Balaban J connectivity index is 0. The summed E-state index contributed by atoms with van der Waals surface area (Å²) in [7, 11) is 4.13. The van der Waals surface area contributed by atoms with Crippen molar-refractivity contribution in [3.05, 3.63) is 0 Å². The molecule has 0 aromatic heterocycles. The van der Waals surface area contributed by atoms with Crippen LogP contribution in [0.4, 0.5) is 0 Å². The number of hydrogen-bond acceptors (Lipinski definition) is 3. The SMILES string of the molecule is CC(=O)O.CCCCCCCCCCCCCCCCCC(=O)NCCCN(C)C. The van der Waals surface area contributed by atoms with Gasteiger partial charge >= 0.3 is 0 Å². The second-order valence-electron chi connectivity index (χ2n) is 8.73. The number of amides is 1. The first-order valence-electron chi connectivity index (χ1n) is 12.5. The molecule has 0 atom stereocenters. The second kappa shape index (κ2) is 25.9. The quantitative estimate of drug-likeness (QED) is 0.220. The predicted octanol–water partition coefficient (Wildman–Crippen LogP) is 6.41. The van der Waals surface area contributed by atoms with Gasteiger partial charge in [-0.2, -0.15) is 0 Å². The highest BCUT2D eigenvalue weighted by molar-refractivity contribution is 5.75. The molecule has 180 valence electrons. The number of nitrogens with one attached hydrogen (secondary N) is 1. The fourth-order valence-corrected chi connectivity index (χ4v) is 3.37. The molecule has 1 amide bonds. The number of carbonyl (C=O) groups excluding carboxylic acids is 1. The van der Waals surface area contributed by atoms with E-state index in [0.717, 1.165) is 32.9 Å². The number of aliphatic carboxylic acids is 1. The molecule has 0 heterocycles. The van der Waals surface area contributed by atoms with E-state index in [9.17, 15) is 4.79 Å². The lowest BCUT2D eigenvalue weighted by Crippen LogP contribution is -2.26. The summed E-state index contributed by atoms with van der Waals surface area (Å²) in [4.78, 5) is 22.9. The van der Waals surface area contributed by atoms with E-state index in [-0.39, 0.29) is 5.91 Å². The molecule has 0 aromatic rings. The number of hydrogen-bond donors (Lipinski definition) is 2. The number of rotatable bonds is 20. The largest absolute Gasteiger partial charge is 0.481 e. The summed E-state index contributed by atoms with van der Waals surface area (Å²) in [5.41, 5.74) is 0. The molecule has 5 heteroatoms. The molecular formula is C25H52N2O3. The van der Waals surface area contributed by atoms with E-state index in [2.05, 4.69) is 31.2 Å². The third kappa shape index (κ3) is 34.4. The molecule has 5 nitrogen and oxygen atoms in total. The smallest absolute Gasteiger partial charge is 0.300 e. The Hall–Kier alpha value is -1.10. The van der Waals surface area contributed by atoms with E-state index in [0.29, 0.717) is 6.42 Å². The summed E-state index contributed by atoms with van der Waals surface area (Å²) in [6.07, 6.45) is 22.3. The van der Waals surface area contributed by atoms with Gasteiger partial charge in [0.2, 0.25) is 5.91 Å². The van der Waals surface area contributed by atoms with E-state index in [1.165, 1.54) is 89.9 Å². The topological polar surface area (TPSA) is 69.6 Å². The standard InChI is InChI=1S/C23H48N2O.C2H4O2/c1-4-5-6-7-8-9-10-11-12-13-14-15-16-17-18-20-23(26)24-21-19-22-25(2)3;1-2(3)4/h4-22H2,1-3H3,(H,24,26);1H3,(H,3,4). The fraction of sp³-hybridized carbons (Fsp3) is 0.920. The van der Waals surface area contributed by atoms with Gasteiger partial charge in [-0.15, -0.1) is 0 Å². The normalized spacial score (nSPS) is 10.6. The van der Waals surface area contributed by atoms with Gasteiger partial charge in [0.1, 0.15) is 0 Å². The first-order valence-corrected chi connectivity index (χ1v) is 12.5. The number of nitrogens with zero attached hydrogens (tertiary/aromatic N) is 1. The summed E-state index contributed by atoms with van der Waals surface area (Å²) in [5.74, 6) is -0.599. The van der Waals surface area contributed by atoms with Gasteiger partial charge in [-0.3, -0.25) is 9.59 Å². The Morgan fingerprint density at radius 2 is 1.07 bits per heavy atom. The maximum atomic E-state index is 11.7. The molecule has 0 saturated carbocycles. The molecule has 0 radical (unpaired) electrons. The Morgan fingerprint density at radius 3 is 1.43 bits per heavy atom. The van der Waals surface area contributed by atoms with Crippen molar-refractivity contribution in [3.8, 4) is 0 Å². The highest BCUT2D eigenvalue weighted by Gasteiger charge is 2.01. The van der Waals surface area contributed by atoms with Crippen LogP contribution >= 0.6 is 0 Å². The van der Waals surface area contributed by atoms with Crippen LogP contribution in [0.5, 0.6) is 0 Å². The van der Waals surface area contributed by atoms with Crippen molar-refractivity contribution in [2.75, 3.05) is 27.2 Å². The minimum atomic E-state index is -0.833. The molecule has 0 aliphatic carbocycles. The molecular weight excluding hydrogens is 376 g/mol. The molecule has 0 rings (SSSR count). The van der Waals surface area contributed by atoms with Crippen molar-refractivity contribution in [2.45, 2.75) is 123 Å². The zero-order valence-corrected chi connectivity index (χ0v) is 20.6. The first-order chi connectivity index (χ1) is 14.4. The monoisotopic (exact) mass is 428 g/mol. The molecule has 30 heavy (non-hydrogen) atoms. The van der Waals surface area contributed by atoms with E-state index in [1.807, 2.05) is 0 Å². The molecule has 0 bridgehead atoms. The fourth-order valence-electron chi connectivity index (χ4n) is 3.37. The number of carboxylic acids is 1. The van der Waals surface area contributed by atoms with Crippen molar-refractivity contribution >= 4 is 11.9 Å². The van der Waals surface area contributed by atoms with Crippen LogP contribution in [0.3, 0.4) is 0 Å². The van der Waals surface area contributed by atoms with Crippen LogP contribution in [-0.2, 0) is 9.59 Å². The molecule has 0 saturated heterocycles. The minimum absolute atomic E-state index is 0.235. The van der Waals surface area contributed by atoms with Crippen LogP contribution in [0, 0.1) is 0 Å². The molecule has 0 unspecified atom stereocenters. The molecule has 0 aromatic carbocycles. The molecule has 0 fully saturated rings. The number of unbranched alkanes of at least 4 members (excludes halogenated alkanes) is 14. The number of carboxylic acid groups (broad SMARTS) is 1. The van der Waals surface area contributed by atoms with Crippen LogP contribution in [0.15, 0.2) is 0 Å². The first kappa shape index (κ1) is 31.1. The Morgan fingerprint density at radius 1 is 0.700 bits per heavy atom. The summed E-state index contributed by atoms with van der Waals surface area (Å²) in [5, 5.41) is 10.4. The maximum absolute atomic E-state index is 11.7. The molecule has 0 aliphatic heterocycles. The molecule has 0 aliphatic rings. The van der Waals surface area contributed by atoms with Gasteiger partial charge in [0.05, 0.1) is 0 Å². The van der Waals surface area contributed by atoms with Crippen LogP contribution < -0.4 is 5.32 Å². The van der Waals surface area contributed by atoms with Crippen LogP contribution in [0.2, 0.25) is 0 Å². The number of carbonyl (C=O) groups is 2. The zero-order valence-electron chi connectivity index (χ0n) is 20.6. The van der Waals surface area contributed by atoms with Crippen LogP contribution in [-0.4, -0.2) is 49.1 Å². The third-order valence-corrected chi connectivity index (χ3v) is 5.11. The Kier molecular flexibility index (Phi) is 26.9. The lowest BCUT2D eigenvalue weighted by molar-refractivity contribution is -0.134. The van der Waals surface area contributed by atoms with Crippen molar-refractivity contribution in [2.24, 2.45) is 0 Å². The van der Waals surface area contributed by atoms with Crippen molar-refractivity contribution in [3.63, 3.8) is 0 Å². The minimum Gasteiger partial charge on any atom is -0.481 e. The van der Waals surface area contributed by atoms with E-state index in [4.69, 9.17) is 9.90 Å². The van der Waals surface area contributed by atoms with Crippen molar-refractivity contribution < 1.29 is 14.7 Å². The van der Waals surface area contributed by atoms with Crippen LogP contribution in [0.25, 0.3) is 0 Å². The third-order valence-electron chi connectivity index (χ3n) is 5.11. The molecule has 2 N–H and O–H groups in total. The van der Waals surface area contributed by atoms with Gasteiger partial charge in [0.15, 0.2) is 0 Å². The van der Waals surface area contributed by atoms with Gasteiger partial charge in [-0.1, -0.05) is 96.8 Å². The highest BCUT2D eigenvalue weighted by Crippen LogP contribution is 2.13. The average molecular weight is 429 g/mol. The average Bonchev–Trinajstić information content (AvgIpc) is 2.67. The van der Waals surface area contributed by atoms with E-state index in [1.54, 1.807) is 0 Å². The van der Waals surface area contributed by atoms with Crippen molar-refractivity contribution in [1.29, 1.82) is 0 Å². The van der Waals surface area contributed by atoms with Gasteiger partial charge in [-0.25, -0.2) is 0 Å². The summed E-state index contributed by atoms with van der Waals surface area (Å²) in [6, 6.07) is 0. The lowest BCUT2D eigenvalue weighted by Gasteiger charge is -2.09. The van der Waals surface area contributed by atoms with Crippen LogP contribution in [0.1, 0.15) is 123 Å². The van der Waals surface area contributed by atoms with Crippen molar-refractivity contribution in [1.82, 2.24) is 10.2 Å². The summed E-state index contributed by atoms with van der Waals surface area (Å²) < 4.78 is 0. The van der Waals surface area contributed by atoms with Gasteiger partial charge in [-0.05, 0) is 33.5 Å². The van der Waals surface area contributed by atoms with Gasteiger partial charge in [0.25, 0.3) is 5.97 Å². The second-order valence-corrected chi connectivity index (χ2v) is 8.73. The summed E-state index contributed by atoms with van der Waals surface area (Å²) in [6.45, 7) is 5.22. The zero-order chi connectivity index (χ0) is 22.9. The van der Waals surface area contributed by atoms with Gasteiger partial charge < -0.3 is 15.3 Å². The predicted molar refractivity (Wildman–Crippen MR) is 129 cm³/mol.